The van der Waals surface area contributed by atoms with Crippen LogP contribution in [0.1, 0.15) is 34.3 Å². The normalized spacial score (nSPS) is 28.7. The Bertz CT molecular complexity index is 996. The number of fused-ring (bicyclic) bond motifs is 3. The fraction of sp³-hybridized carbons (Fsp3) is 0.375. The summed E-state index contributed by atoms with van der Waals surface area (Å²) in [7, 11) is 0. The molecule has 3 aliphatic rings. The highest BCUT2D eigenvalue weighted by molar-refractivity contribution is 6.24. The third-order valence-corrected chi connectivity index (χ3v) is 6.64. The van der Waals surface area contributed by atoms with Crippen LogP contribution in [0, 0.1) is 25.7 Å². The average Bonchev–Trinajstić information content (AvgIpc) is 3.33. The van der Waals surface area contributed by atoms with E-state index in [1.165, 1.54) is 4.90 Å². The van der Waals surface area contributed by atoms with E-state index in [0.29, 0.717) is 11.3 Å². The number of anilines is 1. The van der Waals surface area contributed by atoms with E-state index in [2.05, 4.69) is 4.90 Å². The summed E-state index contributed by atoms with van der Waals surface area (Å²) in [6.07, 6.45) is 1.82. The molecule has 3 saturated heterocycles. The second-order valence-electron chi connectivity index (χ2n) is 8.53. The van der Waals surface area contributed by atoms with Crippen LogP contribution in [0.15, 0.2) is 48.5 Å². The molecule has 5 rings (SSSR count). The van der Waals surface area contributed by atoms with Crippen LogP contribution in [0.3, 0.4) is 0 Å². The van der Waals surface area contributed by atoms with Crippen LogP contribution in [-0.2, 0) is 9.59 Å². The van der Waals surface area contributed by atoms with Gasteiger partial charge in [-0.25, -0.2) is 4.90 Å². The zero-order chi connectivity index (χ0) is 20.3. The number of Topliss-reactive ketones (excluding diaryl/α,β-unsaturated/α-hetero) is 1. The zero-order valence-electron chi connectivity index (χ0n) is 16.7. The molecule has 5 nitrogen and oxygen atoms in total. The number of hydrogen-bond donors (Lipinski definition) is 0. The highest BCUT2D eigenvalue weighted by Crippen LogP contribution is 2.48. The molecule has 0 unspecified atom stereocenters. The number of carbonyl (C=O) groups is 3. The van der Waals surface area contributed by atoms with E-state index in [1.807, 2.05) is 50.2 Å². The maximum atomic E-state index is 13.5. The number of imide groups is 1. The number of amides is 2. The minimum Gasteiger partial charge on any atom is -0.292 e. The molecule has 2 aromatic rings. The molecular formula is C24H24N2O3. The average molecular weight is 388 g/mol. The number of carbonyl (C=O) groups excluding carboxylic acids is 3. The molecule has 2 amide bonds. The van der Waals surface area contributed by atoms with Gasteiger partial charge in [0.05, 0.1) is 23.6 Å². The van der Waals surface area contributed by atoms with Gasteiger partial charge in [-0.1, -0.05) is 36.4 Å². The third kappa shape index (κ3) is 2.68. The molecule has 29 heavy (non-hydrogen) atoms. The van der Waals surface area contributed by atoms with Crippen LogP contribution in [-0.4, -0.2) is 41.1 Å². The minimum absolute atomic E-state index is 0.0231. The molecule has 148 valence electrons. The Morgan fingerprint density at radius 2 is 1.59 bits per heavy atom. The topological polar surface area (TPSA) is 57.7 Å². The van der Waals surface area contributed by atoms with E-state index in [1.54, 1.807) is 12.1 Å². The first-order valence-electron chi connectivity index (χ1n) is 10.3. The Kier molecular flexibility index (Phi) is 4.17. The standard InChI is InChI=1S/C24H24N2O3/c1-14-11-15(2)13-17(12-14)26-23(28)19-18-9-6-10-25(18)21(20(19)24(26)29)22(27)16-7-4-3-5-8-16/h3-5,7-8,11-13,18-21H,6,9-10H2,1-2H3/t18-,19+,20+,21-/m1/s1. The number of hydrogen-bond acceptors (Lipinski definition) is 4. The van der Waals surface area contributed by atoms with E-state index < -0.39 is 17.9 Å². The van der Waals surface area contributed by atoms with E-state index in [-0.39, 0.29) is 23.6 Å². The smallest absolute Gasteiger partial charge is 0.239 e. The van der Waals surface area contributed by atoms with Crippen molar-refractivity contribution in [2.24, 2.45) is 11.8 Å². The first-order chi connectivity index (χ1) is 14.0. The molecule has 5 heteroatoms. The summed E-state index contributed by atoms with van der Waals surface area (Å²) in [4.78, 5) is 43.8. The SMILES string of the molecule is Cc1cc(C)cc(N2C(=O)[C@@H]3[C@H](C2=O)[C@H](C(=O)c2ccccc2)N2CCC[C@H]32)c1. The van der Waals surface area contributed by atoms with Crippen molar-refractivity contribution in [3.8, 4) is 0 Å². The second-order valence-corrected chi connectivity index (χ2v) is 8.53. The van der Waals surface area contributed by atoms with Gasteiger partial charge in [0, 0.05) is 11.6 Å². The highest BCUT2D eigenvalue weighted by atomic mass is 16.2. The number of aryl methyl sites for hydroxylation is 2. The van der Waals surface area contributed by atoms with Crippen LogP contribution >= 0.6 is 0 Å². The maximum Gasteiger partial charge on any atom is 0.239 e. The van der Waals surface area contributed by atoms with Crippen molar-refractivity contribution in [3.63, 3.8) is 0 Å². The summed E-state index contributed by atoms with van der Waals surface area (Å²) >= 11 is 0. The van der Waals surface area contributed by atoms with Crippen LogP contribution in [0.2, 0.25) is 0 Å². The Morgan fingerprint density at radius 3 is 2.28 bits per heavy atom. The van der Waals surface area contributed by atoms with Gasteiger partial charge in [0.2, 0.25) is 11.8 Å². The summed E-state index contributed by atoms with van der Waals surface area (Å²) < 4.78 is 0. The molecule has 0 aromatic heterocycles. The van der Waals surface area contributed by atoms with E-state index in [0.717, 1.165) is 30.5 Å². The van der Waals surface area contributed by atoms with Gasteiger partial charge < -0.3 is 0 Å². The molecule has 0 saturated carbocycles. The molecule has 0 radical (unpaired) electrons. The van der Waals surface area contributed by atoms with E-state index in [4.69, 9.17) is 0 Å². The molecule has 4 atom stereocenters. The van der Waals surface area contributed by atoms with E-state index in [9.17, 15) is 14.4 Å². The van der Waals surface area contributed by atoms with Crippen molar-refractivity contribution < 1.29 is 14.4 Å². The van der Waals surface area contributed by atoms with Crippen LogP contribution < -0.4 is 4.90 Å². The predicted molar refractivity (Wildman–Crippen MR) is 110 cm³/mol. The van der Waals surface area contributed by atoms with Gasteiger partial charge in [0.25, 0.3) is 0 Å². The Labute approximate surface area is 170 Å². The van der Waals surface area contributed by atoms with Crippen molar-refractivity contribution >= 4 is 23.3 Å². The van der Waals surface area contributed by atoms with Gasteiger partial charge in [-0.05, 0) is 56.5 Å². The number of nitrogens with zero attached hydrogens (tertiary/aromatic N) is 2. The van der Waals surface area contributed by atoms with Gasteiger partial charge in [-0.3, -0.25) is 19.3 Å². The molecule has 0 aliphatic carbocycles. The second kappa shape index (κ2) is 6.63. The molecular weight excluding hydrogens is 364 g/mol. The van der Waals surface area contributed by atoms with Crippen LogP contribution in [0.4, 0.5) is 5.69 Å². The van der Waals surface area contributed by atoms with Gasteiger partial charge in [0.1, 0.15) is 0 Å². The molecule has 3 fully saturated rings. The monoisotopic (exact) mass is 388 g/mol. The van der Waals surface area contributed by atoms with Crippen molar-refractivity contribution in [1.82, 2.24) is 4.90 Å². The number of rotatable bonds is 3. The van der Waals surface area contributed by atoms with Gasteiger partial charge in [-0.15, -0.1) is 0 Å². The summed E-state index contributed by atoms with van der Waals surface area (Å²) in [5.74, 6) is -1.45. The maximum absolute atomic E-state index is 13.5. The molecule has 0 N–H and O–H groups in total. The first-order valence-corrected chi connectivity index (χ1v) is 10.3. The van der Waals surface area contributed by atoms with E-state index >= 15 is 0 Å². The summed E-state index contributed by atoms with van der Waals surface area (Å²) in [5, 5.41) is 0. The Balaban J connectivity index is 1.57. The molecule has 3 heterocycles. The van der Waals surface area contributed by atoms with Gasteiger partial charge in [-0.2, -0.15) is 0 Å². The van der Waals surface area contributed by atoms with Gasteiger partial charge >= 0.3 is 0 Å². The lowest BCUT2D eigenvalue weighted by Crippen LogP contribution is -2.46. The summed E-state index contributed by atoms with van der Waals surface area (Å²) in [5.41, 5.74) is 3.25. The largest absolute Gasteiger partial charge is 0.292 e. The van der Waals surface area contributed by atoms with Crippen molar-refractivity contribution in [2.75, 3.05) is 11.4 Å². The van der Waals surface area contributed by atoms with Crippen molar-refractivity contribution in [3.05, 3.63) is 65.2 Å². The zero-order valence-corrected chi connectivity index (χ0v) is 16.7. The molecule has 0 spiro atoms. The fourth-order valence-electron chi connectivity index (χ4n) is 5.62. The highest BCUT2D eigenvalue weighted by Gasteiger charge is 2.64. The summed E-state index contributed by atoms with van der Waals surface area (Å²) in [6.45, 7) is 4.69. The molecule has 2 aromatic carbocycles. The van der Waals surface area contributed by atoms with Gasteiger partial charge in [0.15, 0.2) is 5.78 Å². The van der Waals surface area contributed by atoms with Crippen LogP contribution in [0.5, 0.6) is 0 Å². The van der Waals surface area contributed by atoms with Crippen LogP contribution in [0.25, 0.3) is 0 Å². The third-order valence-electron chi connectivity index (χ3n) is 6.64. The Hall–Kier alpha value is -2.79. The molecule has 0 bridgehead atoms. The lowest BCUT2D eigenvalue weighted by Gasteiger charge is -2.27. The summed E-state index contributed by atoms with van der Waals surface area (Å²) in [6, 6.07) is 14.3. The van der Waals surface area contributed by atoms with Crippen molar-refractivity contribution in [2.45, 2.75) is 38.8 Å². The quantitative estimate of drug-likeness (QED) is 0.599. The fourth-order valence-corrected chi connectivity index (χ4v) is 5.62. The first kappa shape index (κ1) is 18.3. The molecule has 3 aliphatic heterocycles. The lowest BCUT2D eigenvalue weighted by molar-refractivity contribution is -0.123. The lowest BCUT2D eigenvalue weighted by atomic mass is 9.85. The minimum atomic E-state index is -0.596. The number of benzene rings is 2. The van der Waals surface area contributed by atoms with Crippen molar-refractivity contribution in [1.29, 1.82) is 0 Å². The number of ketones is 1. The predicted octanol–water partition coefficient (Wildman–Crippen LogP) is 3.14. The Morgan fingerprint density at radius 1 is 0.931 bits per heavy atom.